The Balaban J connectivity index is 1.86. The van der Waals surface area contributed by atoms with Crippen LogP contribution in [0.25, 0.3) is 0 Å². The van der Waals surface area contributed by atoms with Crippen LogP contribution in [0.4, 0.5) is 4.79 Å². The van der Waals surface area contributed by atoms with Crippen LogP contribution in [0.1, 0.15) is 65.7 Å². The minimum atomic E-state index is -3.84. The van der Waals surface area contributed by atoms with Crippen molar-refractivity contribution in [2.45, 2.75) is 92.9 Å². The molecule has 0 aromatic heterocycles. The number of nitrogens with two attached hydrogens (primary N) is 1. The lowest BCUT2D eigenvalue weighted by Crippen LogP contribution is -2.53. The highest BCUT2D eigenvalue weighted by Crippen LogP contribution is 2.53. The summed E-state index contributed by atoms with van der Waals surface area (Å²) in [6.07, 6.45) is 6.03. The smallest absolute Gasteiger partial charge is 0.408 e. The molecule has 0 bridgehead atoms. The second kappa shape index (κ2) is 13.8. The number of primary amides is 1. The average molecular weight is 700 g/mol. The Morgan fingerprint density at radius 1 is 1.23 bits per heavy atom. The summed E-state index contributed by atoms with van der Waals surface area (Å²) in [6, 6.07) is -1.88. The molecule has 15 heteroatoms. The zero-order valence-electron chi connectivity index (χ0n) is 23.7. The summed E-state index contributed by atoms with van der Waals surface area (Å²) in [6.45, 7) is 5.08. The van der Waals surface area contributed by atoms with E-state index >= 15 is 0 Å². The minimum absolute atomic E-state index is 0.0394. The maximum atomic E-state index is 13.2. The highest BCUT2D eigenvalue weighted by molar-refractivity contribution is 14.1. The fraction of sp³-hybridized carbons (Fsp3) is 0.760. The topological polar surface area (TPSA) is 188 Å². The van der Waals surface area contributed by atoms with Crippen LogP contribution in [-0.4, -0.2) is 94.4 Å². The van der Waals surface area contributed by atoms with E-state index in [9.17, 15) is 32.7 Å². The molecule has 4 amide bonds. The van der Waals surface area contributed by atoms with Gasteiger partial charge < -0.3 is 25.8 Å². The van der Waals surface area contributed by atoms with Gasteiger partial charge in [0.05, 0.1) is 6.10 Å². The van der Waals surface area contributed by atoms with Gasteiger partial charge in [-0.3, -0.25) is 14.4 Å². The predicted molar refractivity (Wildman–Crippen MR) is 156 cm³/mol. The SMILES string of the molecule is CN(C)S(=O)(=O)NC(=O)[C@@]1(I)C[C@H]1/C=C\CCCCC[C@H](NC(=O)OC(C)(C)C)C(=O)N1C[C@H](O)C[C@H]1C(N)=O. The molecule has 5 atom stereocenters. The lowest BCUT2D eigenvalue weighted by molar-refractivity contribution is -0.139. The molecule has 1 saturated heterocycles. The van der Waals surface area contributed by atoms with E-state index < -0.39 is 61.2 Å². The van der Waals surface area contributed by atoms with E-state index in [1.807, 2.05) is 34.7 Å². The van der Waals surface area contributed by atoms with Gasteiger partial charge in [0.25, 0.3) is 5.91 Å². The molecule has 5 N–H and O–H groups in total. The third-order valence-corrected chi connectivity index (χ3v) is 9.77. The number of β-amino-alcohol motifs (C(OH)–C–C–N with tert-alkyl or cyclic N) is 1. The molecule has 0 aromatic rings. The monoisotopic (exact) mass is 699 g/mol. The maximum absolute atomic E-state index is 13.2. The second-order valence-electron chi connectivity index (χ2n) is 11.5. The van der Waals surface area contributed by atoms with Gasteiger partial charge in [-0.15, -0.1) is 0 Å². The van der Waals surface area contributed by atoms with Crippen LogP contribution < -0.4 is 15.8 Å². The molecule has 13 nitrogen and oxygen atoms in total. The Morgan fingerprint density at radius 2 is 1.88 bits per heavy atom. The number of amides is 4. The molecule has 2 rings (SSSR count). The zero-order valence-corrected chi connectivity index (χ0v) is 26.7. The number of carbonyl (C=O) groups is 4. The quantitative estimate of drug-likeness (QED) is 0.0947. The summed E-state index contributed by atoms with van der Waals surface area (Å²) >= 11 is 2.00. The van der Waals surface area contributed by atoms with E-state index in [0.717, 1.165) is 23.6 Å². The third kappa shape index (κ3) is 9.83. The van der Waals surface area contributed by atoms with Gasteiger partial charge in [0.1, 0.15) is 21.1 Å². The Morgan fingerprint density at radius 3 is 2.45 bits per heavy atom. The van der Waals surface area contributed by atoms with Gasteiger partial charge in [0.2, 0.25) is 11.8 Å². The van der Waals surface area contributed by atoms with E-state index in [0.29, 0.717) is 19.3 Å². The highest BCUT2D eigenvalue weighted by Gasteiger charge is 2.57. The summed E-state index contributed by atoms with van der Waals surface area (Å²) in [5, 5.41) is 12.6. The molecule has 0 radical (unpaired) electrons. The molecule has 2 fully saturated rings. The third-order valence-electron chi connectivity index (χ3n) is 6.64. The lowest BCUT2D eigenvalue weighted by Gasteiger charge is -2.28. The van der Waals surface area contributed by atoms with Crippen molar-refractivity contribution in [3.8, 4) is 0 Å². The summed E-state index contributed by atoms with van der Waals surface area (Å²) < 4.78 is 31.4. The number of hydrogen-bond donors (Lipinski definition) is 4. The molecule has 1 heterocycles. The van der Waals surface area contributed by atoms with E-state index in [-0.39, 0.29) is 18.9 Å². The number of aliphatic hydroxyl groups excluding tert-OH is 1. The fourth-order valence-corrected chi connectivity index (χ4v) is 5.92. The predicted octanol–water partition coefficient (Wildman–Crippen LogP) is 0.950. The Hall–Kier alpha value is -1.98. The van der Waals surface area contributed by atoms with Gasteiger partial charge in [0, 0.05) is 33.0 Å². The first-order valence-corrected chi connectivity index (χ1v) is 15.8. The number of hydrogen-bond acceptors (Lipinski definition) is 8. The molecule has 1 saturated carbocycles. The van der Waals surface area contributed by atoms with Crippen LogP contribution in [-0.2, 0) is 29.3 Å². The molecule has 228 valence electrons. The summed E-state index contributed by atoms with van der Waals surface area (Å²) in [5.41, 5.74) is 4.66. The van der Waals surface area contributed by atoms with Crippen molar-refractivity contribution >= 4 is 56.6 Å². The molecule has 1 aliphatic heterocycles. The number of alkyl carbamates (subject to hydrolysis) is 1. The van der Waals surface area contributed by atoms with Crippen molar-refractivity contribution in [3.63, 3.8) is 0 Å². The Kier molecular flexibility index (Phi) is 11.8. The van der Waals surface area contributed by atoms with Crippen molar-refractivity contribution in [3.05, 3.63) is 12.2 Å². The van der Waals surface area contributed by atoms with Crippen LogP contribution in [0.5, 0.6) is 0 Å². The van der Waals surface area contributed by atoms with E-state index in [2.05, 4.69) is 10.0 Å². The summed E-state index contributed by atoms with van der Waals surface area (Å²) in [5.74, 6) is -1.79. The molecule has 1 aliphatic carbocycles. The largest absolute Gasteiger partial charge is 0.444 e. The normalized spacial score (nSPS) is 25.6. The van der Waals surface area contributed by atoms with Gasteiger partial charge in [-0.1, -0.05) is 47.6 Å². The first-order valence-electron chi connectivity index (χ1n) is 13.2. The number of likely N-dealkylation sites (tertiary alicyclic amines) is 1. The van der Waals surface area contributed by atoms with Crippen molar-refractivity contribution in [1.29, 1.82) is 0 Å². The Bertz CT molecular complexity index is 1090. The number of allylic oxidation sites excluding steroid dienone is 2. The van der Waals surface area contributed by atoms with Gasteiger partial charge in [0.15, 0.2) is 0 Å². The molecule has 0 spiro atoms. The van der Waals surface area contributed by atoms with Crippen LogP contribution in [0.15, 0.2) is 12.2 Å². The molecule has 2 aliphatic rings. The van der Waals surface area contributed by atoms with E-state index in [1.165, 1.54) is 19.0 Å². The standard InChI is InChI=1S/C25H42IN5O8S/c1-24(2,3)39-23(36)28-18(21(34)31-15-17(32)13-19(31)20(27)33)12-10-8-6-7-9-11-16-14-25(16,26)22(35)29-40(37,38)30(4)5/h9,11,16-19,32H,6-8,10,12-15H2,1-5H3,(H2,27,33)(H,28,36)(H,29,35)/b11-9-/t16-,17-,18+,19+,25-/m1/s1. The lowest BCUT2D eigenvalue weighted by atomic mass is 10.0. The molecule has 0 aromatic carbocycles. The number of halogens is 1. The second-order valence-corrected chi connectivity index (χ2v) is 15.3. The fourth-order valence-electron chi connectivity index (χ4n) is 4.32. The van der Waals surface area contributed by atoms with Crippen molar-refractivity contribution < 1.29 is 37.4 Å². The van der Waals surface area contributed by atoms with Crippen LogP contribution in [0.2, 0.25) is 0 Å². The van der Waals surface area contributed by atoms with Crippen molar-refractivity contribution in [2.75, 3.05) is 20.6 Å². The van der Waals surface area contributed by atoms with Crippen LogP contribution >= 0.6 is 22.6 Å². The number of ether oxygens (including phenoxy) is 1. The van der Waals surface area contributed by atoms with Gasteiger partial charge in [-0.2, -0.15) is 12.7 Å². The van der Waals surface area contributed by atoms with Crippen LogP contribution in [0.3, 0.4) is 0 Å². The van der Waals surface area contributed by atoms with Gasteiger partial charge in [-0.25, -0.2) is 9.52 Å². The van der Waals surface area contributed by atoms with Crippen LogP contribution in [0, 0.1) is 5.92 Å². The first-order chi connectivity index (χ1) is 18.4. The average Bonchev–Trinajstić information content (AvgIpc) is 3.31. The number of nitrogens with zero attached hydrogens (tertiary/aromatic N) is 2. The van der Waals surface area contributed by atoms with Crippen molar-refractivity contribution in [2.24, 2.45) is 11.7 Å². The first kappa shape index (κ1) is 34.2. The Labute approximate surface area is 249 Å². The highest BCUT2D eigenvalue weighted by atomic mass is 127. The maximum Gasteiger partial charge on any atom is 0.408 e. The summed E-state index contributed by atoms with van der Waals surface area (Å²) in [7, 11) is -1.14. The number of rotatable bonds is 13. The van der Waals surface area contributed by atoms with Gasteiger partial charge >= 0.3 is 16.3 Å². The van der Waals surface area contributed by atoms with Crippen molar-refractivity contribution in [1.82, 2.24) is 19.2 Å². The van der Waals surface area contributed by atoms with E-state index in [4.69, 9.17) is 10.5 Å². The number of carbonyl (C=O) groups excluding carboxylic acids is 4. The number of unbranched alkanes of at least 4 members (excludes halogenated alkanes) is 3. The molecule has 40 heavy (non-hydrogen) atoms. The van der Waals surface area contributed by atoms with E-state index in [1.54, 1.807) is 20.8 Å². The zero-order chi connectivity index (χ0) is 30.5. The number of aliphatic hydroxyl groups is 1. The number of alkyl halides is 1. The molecular weight excluding hydrogens is 657 g/mol. The molecular formula is C25H42IN5O8S. The number of nitrogens with one attached hydrogen (secondary N) is 2. The van der Waals surface area contributed by atoms with Gasteiger partial charge in [-0.05, 0) is 46.5 Å². The molecule has 0 unspecified atom stereocenters. The summed E-state index contributed by atoms with van der Waals surface area (Å²) in [4.78, 5) is 51.1. The minimum Gasteiger partial charge on any atom is -0.444 e.